The van der Waals surface area contributed by atoms with Crippen LogP contribution in [-0.4, -0.2) is 9.13 Å². The first-order valence-corrected chi connectivity index (χ1v) is 11.8. The van der Waals surface area contributed by atoms with E-state index in [0.717, 1.165) is 40.2 Å². The van der Waals surface area contributed by atoms with Crippen LogP contribution in [0.5, 0.6) is 0 Å². The van der Waals surface area contributed by atoms with Crippen molar-refractivity contribution in [2.24, 2.45) is 0 Å². The van der Waals surface area contributed by atoms with Crippen molar-refractivity contribution in [3.63, 3.8) is 0 Å². The molecule has 0 fully saturated rings. The van der Waals surface area contributed by atoms with Crippen molar-refractivity contribution in [2.75, 3.05) is 0 Å². The Labute approximate surface area is 206 Å². The fourth-order valence-electron chi connectivity index (χ4n) is 4.83. The summed E-state index contributed by atoms with van der Waals surface area (Å²) in [6.07, 6.45) is -0.299. The summed E-state index contributed by atoms with van der Waals surface area (Å²) in [5, 5.41) is 2.24. The highest BCUT2D eigenvalue weighted by Crippen LogP contribution is 2.31. The molecule has 178 valence electrons. The van der Waals surface area contributed by atoms with Crippen LogP contribution in [0.25, 0.3) is 32.9 Å². The third kappa shape index (κ3) is 4.29. The maximum atomic E-state index is 13.2. The van der Waals surface area contributed by atoms with Gasteiger partial charge in [0, 0.05) is 36.5 Å². The molecule has 0 aliphatic carbocycles. The first kappa shape index (κ1) is 22.2. The molecule has 0 N–H and O–H groups in total. The predicted molar refractivity (Wildman–Crippen MR) is 139 cm³/mol. The van der Waals surface area contributed by atoms with Crippen LogP contribution < -0.4 is 0 Å². The van der Waals surface area contributed by atoms with Crippen molar-refractivity contribution in [1.82, 2.24) is 9.13 Å². The quantitative estimate of drug-likeness (QED) is 0.235. The minimum atomic E-state index is -4.35. The van der Waals surface area contributed by atoms with Crippen LogP contribution in [0.4, 0.5) is 13.2 Å². The lowest BCUT2D eigenvalue weighted by molar-refractivity contribution is -0.137. The van der Waals surface area contributed by atoms with Crippen LogP contribution in [0.15, 0.2) is 116 Å². The summed E-state index contributed by atoms with van der Waals surface area (Å²) >= 11 is 0. The smallest absolute Gasteiger partial charge is 0.343 e. The summed E-state index contributed by atoms with van der Waals surface area (Å²) < 4.78 is 43.8. The molecule has 2 nitrogen and oxygen atoms in total. The van der Waals surface area contributed by atoms with E-state index in [-0.39, 0.29) is 0 Å². The number of fused-ring (bicyclic) bond motifs is 2. The molecule has 6 rings (SSSR count). The molecule has 0 unspecified atom stereocenters. The highest BCUT2D eigenvalue weighted by atomic mass is 19.4. The summed E-state index contributed by atoms with van der Waals surface area (Å²) in [6, 6.07) is 32.8. The van der Waals surface area contributed by atoms with Gasteiger partial charge in [0.05, 0.1) is 5.56 Å². The van der Waals surface area contributed by atoms with Gasteiger partial charge < -0.3 is 9.13 Å². The van der Waals surface area contributed by atoms with Gasteiger partial charge in [-0.25, -0.2) is 0 Å². The highest BCUT2D eigenvalue weighted by Gasteiger charge is 2.30. The Hall–Kier alpha value is -4.25. The van der Waals surface area contributed by atoms with Crippen LogP contribution in [0.2, 0.25) is 0 Å². The lowest BCUT2D eigenvalue weighted by Crippen LogP contribution is -2.06. The van der Waals surface area contributed by atoms with Crippen molar-refractivity contribution in [3.05, 3.63) is 132 Å². The predicted octanol–water partition coefficient (Wildman–Crippen LogP) is 8.38. The first-order valence-electron chi connectivity index (χ1n) is 11.8. The zero-order valence-electron chi connectivity index (χ0n) is 19.4. The summed E-state index contributed by atoms with van der Waals surface area (Å²) in [5.41, 5.74) is 5.57. The molecule has 36 heavy (non-hydrogen) atoms. The second-order valence-corrected chi connectivity index (χ2v) is 9.12. The molecule has 0 amide bonds. The molecule has 2 aromatic heterocycles. The molecular formula is C31H23F3N2. The lowest BCUT2D eigenvalue weighted by atomic mass is 10.0. The first-order chi connectivity index (χ1) is 17.4. The van der Waals surface area contributed by atoms with E-state index in [2.05, 4.69) is 77.5 Å². The van der Waals surface area contributed by atoms with Gasteiger partial charge in [0.1, 0.15) is 0 Å². The van der Waals surface area contributed by atoms with Crippen molar-refractivity contribution < 1.29 is 13.2 Å². The zero-order valence-corrected chi connectivity index (χ0v) is 19.4. The largest absolute Gasteiger partial charge is 0.416 e. The molecule has 5 heteroatoms. The van der Waals surface area contributed by atoms with E-state index in [4.69, 9.17) is 0 Å². The molecule has 0 atom stereocenters. The third-order valence-corrected chi connectivity index (χ3v) is 6.68. The fourth-order valence-corrected chi connectivity index (χ4v) is 4.83. The van der Waals surface area contributed by atoms with Gasteiger partial charge in [-0.2, -0.15) is 13.2 Å². The molecule has 2 heterocycles. The highest BCUT2D eigenvalue weighted by molar-refractivity contribution is 5.89. The molecule has 0 saturated heterocycles. The Morgan fingerprint density at radius 1 is 0.528 bits per heavy atom. The molecule has 0 aliphatic rings. The van der Waals surface area contributed by atoms with Gasteiger partial charge in [0.2, 0.25) is 0 Å². The van der Waals surface area contributed by atoms with Gasteiger partial charge in [-0.1, -0.05) is 66.7 Å². The summed E-state index contributed by atoms with van der Waals surface area (Å²) in [4.78, 5) is 0. The number of alkyl halides is 3. The number of nitrogens with zero attached hydrogens (tertiary/aromatic N) is 2. The van der Waals surface area contributed by atoms with E-state index in [0.29, 0.717) is 12.1 Å². The molecular weight excluding hydrogens is 457 g/mol. The van der Waals surface area contributed by atoms with Gasteiger partial charge in [-0.05, 0) is 69.4 Å². The molecule has 6 aromatic rings. The maximum Gasteiger partial charge on any atom is 0.416 e. The van der Waals surface area contributed by atoms with E-state index in [9.17, 15) is 13.2 Å². The third-order valence-electron chi connectivity index (χ3n) is 6.68. The molecule has 0 aliphatic heterocycles. The fraction of sp³-hybridized carbons (Fsp3) is 0.0968. The second kappa shape index (κ2) is 8.76. The Morgan fingerprint density at radius 3 is 1.67 bits per heavy atom. The second-order valence-electron chi connectivity index (χ2n) is 9.12. The van der Waals surface area contributed by atoms with Crippen molar-refractivity contribution in [2.45, 2.75) is 19.3 Å². The number of aromatic nitrogens is 2. The maximum absolute atomic E-state index is 13.2. The Bertz CT molecular complexity index is 1670. The monoisotopic (exact) mass is 480 g/mol. The van der Waals surface area contributed by atoms with Crippen molar-refractivity contribution in [3.8, 4) is 11.1 Å². The average molecular weight is 481 g/mol. The molecule has 4 aromatic carbocycles. The summed E-state index contributed by atoms with van der Waals surface area (Å²) in [7, 11) is 0. The van der Waals surface area contributed by atoms with Crippen molar-refractivity contribution >= 4 is 21.8 Å². The summed E-state index contributed by atoms with van der Waals surface area (Å²) in [6.45, 7) is 1.17. The Kier molecular flexibility index (Phi) is 5.41. The van der Waals surface area contributed by atoms with E-state index < -0.39 is 11.7 Å². The topological polar surface area (TPSA) is 9.86 Å². The van der Waals surface area contributed by atoms with Crippen molar-refractivity contribution in [1.29, 1.82) is 0 Å². The van der Waals surface area contributed by atoms with Crippen LogP contribution in [0, 0.1) is 0 Å². The zero-order chi connectivity index (χ0) is 24.7. The number of halogens is 3. The van der Waals surface area contributed by atoms with Gasteiger partial charge in [0.25, 0.3) is 0 Å². The minimum Gasteiger partial charge on any atom is -0.343 e. The number of hydrogen-bond acceptors (Lipinski definition) is 0. The number of benzene rings is 4. The molecule has 0 bridgehead atoms. The van der Waals surface area contributed by atoms with Crippen LogP contribution in [0.3, 0.4) is 0 Å². The Balaban J connectivity index is 1.35. The molecule has 0 saturated carbocycles. The van der Waals surface area contributed by atoms with Gasteiger partial charge >= 0.3 is 6.18 Å². The standard InChI is InChI=1S/C31H23F3N2/c32-31(33,34)28-8-4-7-23(17-28)21-36-16-14-25-10-12-27(19-30(25)36)26-11-9-24-13-15-35(29(24)18-26)20-22-5-2-1-3-6-22/h1-19H,20-21H2. The lowest BCUT2D eigenvalue weighted by Gasteiger charge is -2.11. The Morgan fingerprint density at radius 2 is 1.08 bits per heavy atom. The summed E-state index contributed by atoms with van der Waals surface area (Å²) in [5.74, 6) is 0. The van der Waals surface area contributed by atoms with Crippen LogP contribution in [-0.2, 0) is 19.3 Å². The van der Waals surface area contributed by atoms with E-state index in [1.54, 1.807) is 6.07 Å². The van der Waals surface area contributed by atoms with Gasteiger partial charge in [-0.3, -0.25) is 0 Å². The SMILES string of the molecule is FC(F)(F)c1cccc(Cn2ccc3ccc(-c4ccc5ccn(Cc6ccccc6)c5c4)cc32)c1. The number of rotatable bonds is 5. The van der Waals surface area contributed by atoms with Crippen LogP contribution in [0.1, 0.15) is 16.7 Å². The molecule has 0 radical (unpaired) electrons. The number of hydrogen-bond donors (Lipinski definition) is 0. The average Bonchev–Trinajstić information content (AvgIpc) is 3.47. The van der Waals surface area contributed by atoms with E-state index >= 15 is 0 Å². The van der Waals surface area contributed by atoms with E-state index in [1.807, 2.05) is 22.9 Å². The molecule has 0 spiro atoms. The van der Waals surface area contributed by atoms with Gasteiger partial charge in [0.15, 0.2) is 0 Å². The van der Waals surface area contributed by atoms with Crippen LogP contribution >= 0.6 is 0 Å². The van der Waals surface area contributed by atoms with E-state index in [1.165, 1.54) is 23.1 Å². The minimum absolute atomic E-state index is 0.371. The van der Waals surface area contributed by atoms with Gasteiger partial charge in [-0.15, -0.1) is 0 Å². The normalized spacial score (nSPS) is 12.0.